The molecular weight excluding hydrogens is 368 g/mol. The molecule has 2 aromatic carbocycles. The van der Waals surface area contributed by atoms with Crippen molar-refractivity contribution in [2.24, 2.45) is 0 Å². The highest BCUT2D eigenvalue weighted by Gasteiger charge is 2.23. The van der Waals surface area contributed by atoms with Crippen LogP contribution in [0.4, 0.5) is 0 Å². The molecule has 0 N–H and O–H groups in total. The molecule has 3 rings (SSSR count). The summed E-state index contributed by atoms with van der Waals surface area (Å²) in [6, 6.07) is 10.8. The maximum absolute atomic E-state index is 12.5. The quantitative estimate of drug-likeness (QED) is 0.489. The normalized spacial score (nSPS) is 12.0. The van der Waals surface area contributed by atoms with Gasteiger partial charge in [0, 0.05) is 16.7 Å². The third-order valence-corrected chi connectivity index (χ3v) is 4.57. The van der Waals surface area contributed by atoms with Crippen LogP contribution in [-0.2, 0) is 4.74 Å². The van der Waals surface area contributed by atoms with Gasteiger partial charge in [-0.2, -0.15) is 0 Å². The number of rotatable bonds is 4. The zero-order chi connectivity index (χ0) is 19.7. The van der Waals surface area contributed by atoms with Crippen LogP contribution in [0.1, 0.15) is 39.0 Å². The Labute approximate surface area is 160 Å². The van der Waals surface area contributed by atoms with E-state index in [1.165, 1.54) is 19.1 Å². The van der Waals surface area contributed by atoms with Crippen LogP contribution in [0.5, 0.6) is 0 Å². The first-order valence-electron chi connectivity index (χ1n) is 8.32. The average molecular weight is 385 g/mol. The number of carbonyl (C=O) groups excluding carboxylic acids is 2. The van der Waals surface area contributed by atoms with Gasteiger partial charge in [0.15, 0.2) is 11.5 Å². The van der Waals surface area contributed by atoms with E-state index in [0.29, 0.717) is 10.6 Å². The van der Waals surface area contributed by atoms with Crippen LogP contribution >= 0.6 is 11.6 Å². The van der Waals surface area contributed by atoms with E-state index in [0.717, 1.165) is 17.2 Å². The molecule has 0 saturated carbocycles. The Kier molecular flexibility index (Phi) is 5.15. The lowest BCUT2D eigenvalue weighted by Gasteiger charge is -2.13. The van der Waals surface area contributed by atoms with E-state index in [1.807, 2.05) is 19.9 Å². The van der Waals surface area contributed by atoms with Gasteiger partial charge in [-0.1, -0.05) is 23.7 Å². The molecule has 0 aliphatic heterocycles. The zero-order valence-electron chi connectivity index (χ0n) is 15.0. The molecule has 0 saturated heterocycles. The topological polar surface area (TPSA) is 73.6 Å². The molecule has 0 radical (unpaired) electrons. The van der Waals surface area contributed by atoms with Crippen LogP contribution < -0.4 is 5.43 Å². The summed E-state index contributed by atoms with van der Waals surface area (Å²) in [6.45, 7) is 5.33. The van der Waals surface area contributed by atoms with Gasteiger partial charge in [-0.15, -0.1) is 0 Å². The van der Waals surface area contributed by atoms with E-state index in [4.69, 9.17) is 20.8 Å². The third kappa shape index (κ3) is 3.93. The highest BCUT2D eigenvalue weighted by atomic mass is 35.5. The average Bonchev–Trinajstić information content (AvgIpc) is 2.63. The largest absolute Gasteiger partial charge is 0.449 e. The molecule has 138 valence electrons. The number of fused-ring (bicyclic) bond motifs is 1. The Balaban J connectivity index is 1.83. The maximum Gasteiger partial charge on any atom is 0.375 e. The first-order valence-corrected chi connectivity index (χ1v) is 8.70. The summed E-state index contributed by atoms with van der Waals surface area (Å²) >= 11 is 5.87. The van der Waals surface area contributed by atoms with Crippen molar-refractivity contribution in [2.75, 3.05) is 0 Å². The van der Waals surface area contributed by atoms with Crippen molar-refractivity contribution in [2.45, 2.75) is 26.9 Å². The van der Waals surface area contributed by atoms with E-state index >= 15 is 0 Å². The van der Waals surface area contributed by atoms with Crippen molar-refractivity contribution in [1.29, 1.82) is 0 Å². The summed E-state index contributed by atoms with van der Waals surface area (Å²) in [5.74, 6) is -1.48. The molecule has 0 fully saturated rings. The van der Waals surface area contributed by atoms with Crippen LogP contribution in [0, 0.1) is 13.8 Å². The minimum atomic E-state index is -1.02. The fourth-order valence-electron chi connectivity index (χ4n) is 2.63. The van der Waals surface area contributed by atoms with Crippen molar-refractivity contribution < 1.29 is 18.7 Å². The molecule has 0 bridgehead atoms. The van der Waals surface area contributed by atoms with Gasteiger partial charge >= 0.3 is 5.97 Å². The van der Waals surface area contributed by atoms with Crippen LogP contribution in [0.3, 0.4) is 0 Å². The molecule has 1 aromatic heterocycles. The summed E-state index contributed by atoms with van der Waals surface area (Å²) < 4.78 is 10.6. The van der Waals surface area contributed by atoms with Gasteiger partial charge in [0.05, 0.1) is 5.39 Å². The standard InChI is InChI=1S/C21H17ClO5/c1-11-4-5-14(8-12(11)2)20(24)13(3)26-21(25)19-10-17(23)16-9-15(22)6-7-18(16)27-19/h4-10,13H,1-3H3/t13-/m1/s1. The number of Topliss-reactive ketones (excluding diaryl/α,β-unsaturated/α-hetero) is 1. The second-order valence-electron chi connectivity index (χ2n) is 6.33. The Morgan fingerprint density at radius 2 is 1.78 bits per heavy atom. The zero-order valence-corrected chi connectivity index (χ0v) is 15.8. The Morgan fingerprint density at radius 3 is 2.48 bits per heavy atom. The summed E-state index contributed by atoms with van der Waals surface area (Å²) in [5, 5.41) is 0.649. The van der Waals surface area contributed by atoms with Gasteiger partial charge in [-0.25, -0.2) is 4.79 Å². The molecule has 0 aliphatic rings. The van der Waals surface area contributed by atoms with Gasteiger partial charge < -0.3 is 9.15 Å². The summed E-state index contributed by atoms with van der Waals surface area (Å²) in [4.78, 5) is 37.0. The minimum Gasteiger partial charge on any atom is -0.449 e. The monoisotopic (exact) mass is 384 g/mol. The van der Waals surface area contributed by atoms with E-state index in [2.05, 4.69) is 0 Å². The van der Waals surface area contributed by atoms with Crippen molar-refractivity contribution in [3.63, 3.8) is 0 Å². The highest BCUT2D eigenvalue weighted by molar-refractivity contribution is 6.31. The highest BCUT2D eigenvalue weighted by Crippen LogP contribution is 2.19. The molecule has 0 amide bonds. The Hall–Kier alpha value is -2.92. The molecule has 3 aromatic rings. The maximum atomic E-state index is 12.5. The van der Waals surface area contributed by atoms with Gasteiger partial charge in [0.2, 0.25) is 11.5 Å². The van der Waals surface area contributed by atoms with Crippen LogP contribution in [0.2, 0.25) is 5.02 Å². The summed E-state index contributed by atoms with van der Waals surface area (Å²) in [6.07, 6.45) is -1.02. The Bertz CT molecular complexity index is 1110. The lowest BCUT2D eigenvalue weighted by Crippen LogP contribution is -2.25. The van der Waals surface area contributed by atoms with E-state index in [-0.39, 0.29) is 22.5 Å². The molecule has 1 heterocycles. The number of ether oxygens (including phenoxy) is 1. The molecule has 0 spiro atoms. The first-order chi connectivity index (χ1) is 12.8. The smallest absolute Gasteiger partial charge is 0.375 e. The van der Waals surface area contributed by atoms with Crippen LogP contribution in [-0.4, -0.2) is 17.9 Å². The Morgan fingerprint density at radius 1 is 1.04 bits per heavy atom. The van der Waals surface area contributed by atoms with E-state index < -0.39 is 17.5 Å². The second-order valence-corrected chi connectivity index (χ2v) is 6.76. The molecule has 6 heteroatoms. The lowest BCUT2D eigenvalue weighted by atomic mass is 10.0. The number of aryl methyl sites for hydroxylation is 2. The van der Waals surface area contributed by atoms with Crippen LogP contribution in [0.25, 0.3) is 11.0 Å². The minimum absolute atomic E-state index is 0.215. The molecule has 1 atom stereocenters. The SMILES string of the molecule is Cc1ccc(C(=O)[C@@H](C)OC(=O)c2cc(=O)c3cc(Cl)ccc3o2)cc1C. The fourth-order valence-corrected chi connectivity index (χ4v) is 2.80. The predicted octanol–water partition coefficient (Wildman–Crippen LogP) is 4.49. The third-order valence-electron chi connectivity index (χ3n) is 4.33. The predicted molar refractivity (Wildman–Crippen MR) is 103 cm³/mol. The molecule has 0 unspecified atom stereocenters. The number of hydrogen-bond acceptors (Lipinski definition) is 5. The fraction of sp³-hybridized carbons (Fsp3) is 0.190. The van der Waals surface area contributed by atoms with Crippen molar-refractivity contribution in [3.8, 4) is 0 Å². The van der Waals surface area contributed by atoms with E-state index in [1.54, 1.807) is 18.2 Å². The molecule has 5 nitrogen and oxygen atoms in total. The number of esters is 1. The number of benzene rings is 2. The van der Waals surface area contributed by atoms with Crippen molar-refractivity contribution in [1.82, 2.24) is 0 Å². The lowest BCUT2D eigenvalue weighted by molar-refractivity contribution is 0.0289. The summed E-state index contributed by atoms with van der Waals surface area (Å²) in [5.41, 5.74) is 2.28. The first kappa shape index (κ1) is 18.9. The number of halogens is 1. The van der Waals surface area contributed by atoms with E-state index in [9.17, 15) is 14.4 Å². The van der Waals surface area contributed by atoms with Crippen LogP contribution in [0.15, 0.2) is 51.7 Å². The number of ketones is 1. The molecule has 0 aliphatic carbocycles. The second kappa shape index (κ2) is 7.37. The van der Waals surface area contributed by atoms with Gasteiger partial charge in [-0.3, -0.25) is 9.59 Å². The molecular formula is C21H17ClO5. The number of hydrogen-bond donors (Lipinski definition) is 0. The molecule has 27 heavy (non-hydrogen) atoms. The van der Waals surface area contributed by atoms with Crippen molar-refractivity contribution >= 4 is 34.3 Å². The van der Waals surface area contributed by atoms with Gasteiger partial charge in [0.25, 0.3) is 0 Å². The van der Waals surface area contributed by atoms with Crippen molar-refractivity contribution in [3.05, 3.63) is 80.2 Å². The number of carbonyl (C=O) groups is 2. The van der Waals surface area contributed by atoms with Gasteiger partial charge in [0.1, 0.15) is 5.58 Å². The van der Waals surface area contributed by atoms with Gasteiger partial charge in [-0.05, 0) is 56.2 Å². The summed E-state index contributed by atoms with van der Waals surface area (Å²) in [7, 11) is 0.